The number of anilines is 1. The SMILES string of the molecule is C=C(/C=C(\NCCC)c1ccco1)Nc1cc(C)nc(-c2ccc(C)cc2)n1. The molecule has 2 heterocycles. The van der Waals surface area contributed by atoms with Gasteiger partial charge in [0.1, 0.15) is 11.6 Å². The Balaban J connectivity index is 1.82. The fourth-order valence-electron chi connectivity index (χ4n) is 2.74. The molecule has 0 aliphatic heterocycles. The average molecular weight is 374 g/mol. The second-order valence-electron chi connectivity index (χ2n) is 6.70. The maximum absolute atomic E-state index is 5.52. The van der Waals surface area contributed by atoms with Gasteiger partial charge in [-0.25, -0.2) is 9.97 Å². The van der Waals surface area contributed by atoms with Crippen LogP contribution in [0.3, 0.4) is 0 Å². The second-order valence-corrected chi connectivity index (χ2v) is 6.70. The molecule has 0 radical (unpaired) electrons. The van der Waals surface area contributed by atoms with Crippen molar-refractivity contribution in [2.45, 2.75) is 27.2 Å². The fraction of sp³-hybridized carbons (Fsp3) is 0.217. The molecule has 0 fully saturated rings. The number of nitrogens with zero attached hydrogens (tertiary/aromatic N) is 2. The van der Waals surface area contributed by atoms with Crippen molar-refractivity contribution in [1.29, 1.82) is 0 Å². The Bertz CT molecular complexity index is 957. The van der Waals surface area contributed by atoms with Crippen molar-refractivity contribution in [2.75, 3.05) is 11.9 Å². The summed E-state index contributed by atoms with van der Waals surface area (Å²) in [5.41, 5.74) is 4.68. The highest BCUT2D eigenvalue weighted by molar-refractivity contribution is 5.65. The quantitative estimate of drug-likeness (QED) is 0.523. The van der Waals surface area contributed by atoms with Gasteiger partial charge < -0.3 is 15.1 Å². The van der Waals surface area contributed by atoms with E-state index in [1.54, 1.807) is 6.26 Å². The van der Waals surface area contributed by atoms with Crippen molar-refractivity contribution < 1.29 is 4.42 Å². The number of allylic oxidation sites excluding steroid dienone is 1. The van der Waals surface area contributed by atoms with Crippen LogP contribution in [0.1, 0.15) is 30.4 Å². The van der Waals surface area contributed by atoms with Gasteiger partial charge >= 0.3 is 0 Å². The summed E-state index contributed by atoms with van der Waals surface area (Å²) in [5.74, 6) is 2.17. The summed E-state index contributed by atoms with van der Waals surface area (Å²) < 4.78 is 5.52. The summed E-state index contributed by atoms with van der Waals surface area (Å²) in [6.45, 7) is 11.1. The lowest BCUT2D eigenvalue weighted by molar-refractivity contribution is 0.546. The minimum atomic E-state index is 0.689. The summed E-state index contributed by atoms with van der Waals surface area (Å²) in [6, 6.07) is 13.9. The maximum atomic E-state index is 5.52. The number of rotatable bonds is 8. The highest BCUT2D eigenvalue weighted by Gasteiger charge is 2.08. The first-order valence-electron chi connectivity index (χ1n) is 9.43. The van der Waals surface area contributed by atoms with E-state index in [9.17, 15) is 0 Å². The van der Waals surface area contributed by atoms with E-state index in [1.807, 2.05) is 43.3 Å². The predicted molar refractivity (Wildman–Crippen MR) is 115 cm³/mol. The monoisotopic (exact) mass is 374 g/mol. The van der Waals surface area contributed by atoms with Crippen molar-refractivity contribution in [2.24, 2.45) is 0 Å². The van der Waals surface area contributed by atoms with E-state index in [-0.39, 0.29) is 0 Å². The highest BCUT2D eigenvalue weighted by atomic mass is 16.3. The first-order valence-corrected chi connectivity index (χ1v) is 9.43. The van der Waals surface area contributed by atoms with Crippen molar-refractivity contribution in [3.8, 4) is 11.4 Å². The molecule has 0 bridgehead atoms. The molecule has 0 aliphatic carbocycles. The molecule has 0 atom stereocenters. The van der Waals surface area contributed by atoms with Crippen LogP contribution >= 0.6 is 0 Å². The van der Waals surface area contributed by atoms with Crippen molar-refractivity contribution in [3.05, 3.63) is 84.1 Å². The van der Waals surface area contributed by atoms with Crippen LogP contribution in [-0.2, 0) is 0 Å². The van der Waals surface area contributed by atoms with Gasteiger partial charge in [-0.1, -0.05) is 43.3 Å². The van der Waals surface area contributed by atoms with E-state index in [2.05, 4.69) is 53.2 Å². The topological polar surface area (TPSA) is 63.0 Å². The Morgan fingerprint density at radius 1 is 1.14 bits per heavy atom. The molecule has 0 spiro atoms. The van der Waals surface area contributed by atoms with E-state index in [0.29, 0.717) is 17.3 Å². The number of hydrogen-bond acceptors (Lipinski definition) is 5. The van der Waals surface area contributed by atoms with Gasteiger partial charge in [0, 0.05) is 29.6 Å². The third kappa shape index (κ3) is 5.10. The van der Waals surface area contributed by atoms with E-state index < -0.39 is 0 Å². The fourth-order valence-corrected chi connectivity index (χ4v) is 2.74. The predicted octanol–water partition coefficient (Wildman–Crippen LogP) is 5.32. The molecule has 144 valence electrons. The first-order chi connectivity index (χ1) is 13.5. The van der Waals surface area contributed by atoms with E-state index >= 15 is 0 Å². The lowest BCUT2D eigenvalue weighted by atomic mass is 10.1. The molecule has 0 saturated heterocycles. The van der Waals surface area contributed by atoms with Crippen LogP contribution in [0.25, 0.3) is 17.1 Å². The zero-order chi connectivity index (χ0) is 19.9. The Morgan fingerprint density at radius 3 is 2.61 bits per heavy atom. The number of hydrogen-bond donors (Lipinski definition) is 2. The van der Waals surface area contributed by atoms with Crippen LogP contribution in [0, 0.1) is 13.8 Å². The highest BCUT2D eigenvalue weighted by Crippen LogP contribution is 2.20. The lowest BCUT2D eigenvalue weighted by Gasteiger charge is -2.12. The minimum Gasteiger partial charge on any atom is -0.463 e. The van der Waals surface area contributed by atoms with E-state index in [4.69, 9.17) is 4.42 Å². The summed E-state index contributed by atoms with van der Waals surface area (Å²) >= 11 is 0. The Labute approximate surface area is 166 Å². The number of benzene rings is 1. The van der Waals surface area contributed by atoms with Gasteiger partial charge in [0.2, 0.25) is 0 Å². The number of aromatic nitrogens is 2. The number of furan rings is 1. The summed E-state index contributed by atoms with van der Waals surface area (Å²) in [4.78, 5) is 9.21. The van der Waals surface area contributed by atoms with Gasteiger partial charge in [-0.15, -0.1) is 0 Å². The third-order valence-corrected chi connectivity index (χ3v) is 4.12. The van der Waals surface area contributed by atoms with Crippen LogP contribution < -0.4 is 10.6 Å². The summed E-state index contributed by atoms with van der Waals surface area (Å²) in [6.07, 6.45) is 4.61. The van der Waals surface area contributed by atoms with Crippen LogP contribution in [0.4, 0.5) is 5.82 Å². The lowest BCUT2D eigenvalue weighted by Crippen LogP contribution is -2.13. The molecule has 2 N–H and O–H groups in total. The molecule has 0 unspecified atom stereocenters. The zero-order valence-electron chi connectivity index (χ0n) is 16.6. The minimum absolute atomic E-state index is 0.689. The van der Waals surface area contributed by atoms with Gasteiger partial charge in [-0.05, 0) is 38.5 Å². The molecule has 5 nitrogen and oxygen atoms in total. The normalized spacial score (nSPS) is 11.3. The third-order valence-electron chi connectivity index (χ3n) is 4.12. The van der Waals surface area contributed by atoms with Gasteiger partial charge in [0.15, 0.2) is 5.82 Å². The van der Waals surface area contributed by atoms with Gasteiger partial charge in [-0.2, -0.15) is 0 Å². The Hall–Kier alpha value is -3.34. The molecular weight excluding hydrogens is 348 g/mol. The number of aryl methyl sites for hydroxylation is 2. The maximum Gasteiger partial charge on any atom is 0.161 e. The largest absolute Gasteiger partial charge is 0.463 e. The molecule has 0 aliphatic rings. The van der Waals surface area contributed by atoms with Gasteiger partial charge in [-0.3, -0.25) is 0 Å². The van der Waals surface area contributed by atoms with Gasteiger partial charge in [0.05, 0.1) is 12.0 Å². The zero-order valence-corrected chi connectivity index (χ0v) is 16.6. The van der Waals surface area contributed by atoms with E-state index in [1.165, 1.54) is 5.56 Å². The molecule has 28 heavy (non-hydrogen) atoms. The summed E-state index contributed by atoms with van der Waals surface area (Å²) in [7, 11) is 0. The molecule has 0 amide bonds. The Morgan fingerprint density at radius 2 is 1.93 bits per heavy atom. The van der Waals surface area contributed by atoms with Gasteiger partial charge in [0.25, 0.3) is 0 Å². The smallest absolute Gasteiger partial charge is 0.161 e. The van der Waals surface area contributed by atoms with Crippen molar-refractivity contribution in [1.82, 2.24) is 15.3 Å². The number of nitrogens with one attached hydrogen (secondary N) is 2. The standard InChI is InChI=1S/C23H26N4O/c1-5-12-24-20(21-7-6-13-28-21)14-17(3)25-22-15-18(4)26-23(27-22)19-10-8-16(2)9-11-19/h6-11,13-15,24H,3,5,12H2,1-2,4H3,(H,25,26,27)/b20-14-. The molecular formula is C23H26N4O. The molecule has 5 heteroatoms. The molecule has 3 rings (SSSR count). The van der Waals surface area contributed by atoms with Crippen LogP contribution in [0.5, 0.6) is 0 Å². The summed E-state index contributed by atoms with van der Waals surface area (Å²) in [5, 5.41) is 6.65. The van der Waals surface area contributed by atoms with Crippen LogP contribution in [0.15, 0.2) is 71.5 Å². The van der Waals surface area contributed by atoms with Crippen molar-refractivity contribution in [3.63, 3.8) is 0 Å². The Kier molecular flexibility index (Phi) is 6.27. The van der Waals surface area contributed by atoms with E-state index in [0.717, 1.165) is 35.7 Å². The molecule has 3 aromatic rings. The molecule has 0 saturated carbocycles. The van der Waals surface area contributed by atoms with Crippen LogP contribution in [-0.4, -0.2) is 16.5 Å². The van der Waals surface area contributed by atoms with Crippen LogP contribution in [0.2, 0.25) is 0 Å². The molecule has 2 aromatic heterocycles. The second kappa shape index (κ2) is 9.04. The first kappa shape index (κ1) is 19.4. The average Bonchev–Trinajstić information content (AvgIpc) is 3.20. The van der Waals surface area contributed by atoms with Crippen molar-refractivity contribution >= 4 is 11.5 Å². The molecule has 1 aromatic carbocycles.